The van der Waals surface area contributed by atoms with Crippen LogP contribution in [0, 0.1) is 5.92 Å². The highest BCUT2D eigenvalue weighted by Crippen LogP contribution is 2.19. The fraction of sp³-hybridized carbons (Fsp3) is 1.00. The van der Waals surface area contributed by atoms with Crippen LogP contribution in [0.15, 0.2) is 0 Å². The third-order valence-electron chi connectivity index (χ3n) is 2.61. The Hall–Kier alpha value is 0.430. The van der Waals surface area contributed by atoms with Crippen LogP contribution in [0.2, 0.25) is 0 Å². The summed E-state index contributed by atoms with van der Waals surface area (Å²) in [5.41, 5.74) is 0. The molecule has 0 N–H and O–H groups in total. The fourth-order valence-electron chi connectivity index (χ4n) is 1.62. The molecule has 0 saturated carbocycles. The number of unbranched alkanes of at least 4 members (excludes halogenated alkanes) is 2. The molecule has 0 radical (unpaired) electrons. The van der Waals surface area contributed by atoms with Crippen molar-refractivity contribution >= 4 is 9.24 Å². The lowest BCUT2D eigenvalue weighted by Crippen LogP contribution is -1.98. The van der Waals surface area contributed by atoms with Gasteiger partial charge in [-0.2, -0.15) is 0 Å². The highest BCUT2D eigenvalue weighted by atomic mass is 31.0. The van der Waals surface area contributed by atoms with Crippen LogP contribution >= 0.6 is 9.24 Å². The lowest BCUT2D eigenvalue weighted by molar-refractivity contribution is 0.408. The molecule has 0 spiro atoms. The van der Waals surface area contributed by atoms with E-state index in [1.807, 2.05) is 27.7 Å². The Morgan fingerprint density at radius 1 is 0.812 bits per heavy atom. The number of hydrogen-bond donors (Lipinski definition) is 0. The summed E-state index contributed by atoms with van der Waals surface area (Å²) in [6, 6.07) is 0. The van der Waals surface area contributed by atoms with E-state index >= 15 is 0 Å². The molecule has 0 aromatic rings. The van der Waals surface area contributed by atoms with Gasteiger partial charge in [-0.1, -0.05) is 80.1 Å². The number of rotatable bonds is 8. The summed E-state index contributed by atoms with van der Waals surface area (Å²) in [4.78, 5) is 0. The molecular formula is C15H37P. The van der Waals surface area contributed by atoms with Gasteiger partial charge in [-0.05, 0) is 18.5 Å². The van der Waals surface area contributed by atoms with Crippen LogP contribution in [-0.2, 0) is 0 Å². The van der Waals surface area contributed by atoms with Crippen LogP contribution in [0.5, 0.6) is 0 Å². The molecule has 0 amide bonds. The van der Waals surface area contributed by atoms with Crippen molar-refractivity contribution in [3.05, 3.63) is 0 Å². The van der Waals surface area contributed by atoms with Crippen molar-refractivity contribution < 1.29 is 0 Å². The van der Waals surface area contributed by atoms with Gasteiger partial charge in [-0.25, -0.2) is 0 Å². The van der Waals surface area contributed by atoms with Crippen molar-refractivity contribution in [1.82, 2.24) is 0 Å². The molecule has 16 heavy (non-hydrogen) atoms. The van der Waals surface area contributed by atoms with Crippen LogP contribution in [0.25, 0.3) is 0 Å². The third kappa shape index (κ3) is 19.9. The minimum absolute atomic E-state index is 1.02. The minimum atomic E-state index is 1.02. The molecule has 0 rings (SSSR count). The van der Waals surface area contributed by atoms with Gasteiger partial charge in [0.2, 0.25) is 0 Å². The first-order chi connectivity index (χ1) is 7.85. The van der Waals surface area contributed by atoms with Gasteiger partial charge in [0.05, 0.1) is 0 Å². The van der Waals surface area contributed by atoms with Crippen molar-refractivity contribution in [2.45, 2.75) is 86.5 Å². The summed E-state index contributed by atoms with van der Waals surface area (Å²) in [6.45, 7) is 12.6. The second kappa shape index (κ2) is 24.6. The highest BCUT2D eigenvalue weighted by Gasteiger charge is 2.04. The van der Waals surface area contributed by atoms with Gasteiger partial charge < -0.3 is 0 Å². The normalized spacial score (nSPS) is 10.7. The van der Waals surface area contributed by atoms with E-state index in [-0.39, 0.29) is 0 Å². The SMILES string of the molecule is CC.CC.CCCCC(CC)CCCCP. The van der Waals surface area contributed by atoms with Crippen molar-refractivity contribution in [2.24, 2.45) is 5.92 Å². The lowest BCUT2D eigenvalue weighted by atomic mass is 9.94. The topological polar surface area (TPSA) is 0 Å². The van der Waals surface area contributed by atoms with Crippen LogP contribution in [-0.4, -0.2) is 6.16 Å². The standard InChI is InChI=1S/C11H25P.2C2H6/c1-3-5-8-11(4-2)9-6-7-10-12;2*1-2/h11H,3-10,12H2,1-2H3;2*1-2H3. The van der Waals surface area contributed by atoms with E-state index in [0.717, 1.165) is 5.92 Å². The molecular weight excluding hydrogens is 211 g/mol. The molecule has 0 heterocycles. The minimum Gasteiger partial charge on any atom is -0.138 e. The maximum Gasteiger partial charge on any atom is -0.0381 e. The van der Waals surface area contributed by atoms with E-state index < -0.39 is 0 Å². The van der Waals surface area contributed by atoms with Gasteiger partial charge in [0.1, 0.15) is 0 Å². The van der Waals surface area contributed by atoms with Crippen molar-refractivity contribution in [2.75, 3.05) is 6.16 Å². The van der Waals surface area contributed by atoms with Crippen LogP contribution in [0.1, 0.15) is 86.5 Å². The number of hydrogen-bond acceptors (Lipinski definition) is 0. The quantitative estimate of drug-likeness (QED) is 0.349. The smallest absolute Gasteiger partial charge is 0.0381 e. The Bertz CT molecular complexity index is 81.5. The zero-order valence-corrected chi connectivity index (χ0v) is 14.0. The third-order valence-corrected chi connectivity index (χ3v) is 3.02. The van der Waals surface area contributed by atoms with Gasteiger partial charge in [-0.15, -0.1) is 9.24 Å². The Balaban J connectivity index is -0.000000376. The van der Waals surface area contributed by atoms with Gasteiger partial charge >= 0.3 is 0 Å². The van der Waals surface area contributed by atoms with Crippen molar-refractivity contribution in [3.8, 4) is 0 Å². The molecule has 1 heteroatoms. The summed E-state index contributed by atoms with van der Waals surface area (Å²) in [7, 11) is 2.81. The lowest BCUT2D eigenvalue weighted by Gasteiger charge is -2.13. The average molecular weight is 248 g/mol. The molecule has 0 fully saturated rings. The van der Waals surface area contributed by atoms with Crippen molar-refractivity contribution in [3.63, 3.8) is 0 Å². The predicted molar refractivity (Wildman–Crippen MR) is 84.4 cm³/mol. The molecule has 0 saturated heterocycles. The van der Waals surface area contributed by atoms with Gasteiger partial charge in [0.15, 0.2) is 0 Å². The van der Waals surface area contributed by atoms with Crippen LogP contribution in [0.3, 0.4) is 0 Å². The molecule has 0 aliphatic heterocycles. The predicted octanol–water partition coefficient (Wildman–Crippen LogP) is 6.30. The van der Waals surface area contributed by atoms with Gasteiger partial charge in [0.25, 0.3) is 0 Å². The van der Waals surface area contributed by atoms with E-state index in [4.69, 9.17) is 0 Å². The second-order valence-electron chi connectivity index (χ2n) is 3.70. The van der Waals surface area contributed by atoms with E-state index in [1.165, 1.54) is 51.1 Å². The Morgan fingerprint density at radius 2 is 1.31 bits per heavy atom. The molecule has 2 atom stereocenters. The van der Waals surface area contributed by atoms with Crippen LogP contribution in [0.4, 0.5) is 0 Å². The first kappa shape index (κ1) is 21.7. The van der Waals surface area contributed by atoms with E-state index in [0.29, 0.717) is 0 Å². The Labute approximate surface area is 108 Å². The second-order valence-corrected chi connectivity index (χ2v) is 4.28. The summed E-state index contributed by atoms with van der Waals surface area (Å²) in [6.07, 6.45) is 11.2. The molecule has 0 aromatic carbocycles. The molecule has 102 valence electrons. The van der Waals surface area contributed by atoms with Gasteiger partial charge in [-0.3, -0.25) is 0 Å². The maximum absolute atomic E-state index is 2.81. The van der Waals surface area contributed by atoms with E-state index in [1.54, 1.807) is 0 Å². The van der Waals surface area contributed by atoms with Gasteiger partial charge in [0, 0.05) is 0 Å². The van der Waals surface area contributed by atoms with E-state index in [2.05, 4.69) is 23.1 Å². The molecule has 0 nitrogen and oxygen atoms in total. The largest absolute Gasteiger partial charge is 0.138 e. The Morgan fingerprint density at radius 3 is 1.69 bits per heavy atom. The molecule has 2 unspecified atom stereocenters. The first-order valence-electron chi connectivity index (χ1n) is 7.55. The summed E-state index contributed by atoms with van der Waals surface area (Å²) < 4.78 is 0. The zero-order valence-electron chi connectivity index (χ0n) is 12.8. The monoisotopic (exact) mass is 248 g/mol. The molecule has 0 bridgehead atoms. The molecule has 0 aliphatic rings. The maximum atomic E-state index is 2.81. The summed E-state index contributed by atoms with van der Waals surface area (Å²) >= 11 is 0. The zero-order chi connectivity index (χ0) is 13.2. The molecule has 0 aliphatic carbocycles. The average Bonchev–Trinajstić information content (AvgIpc) is 2.38. The fourth-order valence-corrected chi connectivity index (χ4v) is 1.91. The summed E-state index contributed by atoms with van der Waals surface area (Å²) in [5.74, 6) is 1.02. The van der Waals surface area contributed by atoms with Crippen LogP contribution < -0.4 is 0 Å². The summed E-state index contributed by atoms with van der Waals surface area (Å²) in [5, 5.41) is 0. The highest BCUT2D eigenvalue weighted by molar-refractivity contribution is 7.16. The van der Waals surface area contributed by atoms with Crippen molar-refractivity contribution in [1.29, 1.82) is 0 Å². The molecule has 0 aromatic heterocycles. The van der Waals surface area contributed by atoms with E-state index in [9.17, 15) is 0 Å². The first-order valence-corrected chi connectivity index (χ1v) is 8.36. The Kier molecular flexibility index (Phi) is 33.3.